The zero-order valence-electron chi connectivity index (χ0n) is 11.9. The van der Waals surface area contributed by atoms with Gasteiger partial charge >= 0.3 is 0 Å². The lowest BCUT2D eigenvalue weighted by atomic mass is 9.87. The lowest BCUT2D eigenvalue weighted by Gasteiger charge is -2.19. The van der Waals surface area contributed by atoms with Crippen molar-refractivity contribution >= 4 is 15.4 Å². The van der Waals surface area contributed by atoms with Crippen LogP contribution >= 0.6 is 0 Å². The Kier molecular flexibility index (Phi) is 5.00. The summed E-state index contributed by atoms with van der Waals surface area (Å²) in [7, 11) is -3.16. The van der Waals surface area contributed by atoms with Crippen LogP contribution in [0.25, 0.3) is 5.57 Å². The maximum Gasteiger partial charge on any atom is 0.175 e. The number of aliphatic hydroxyl groups excluding tert-OH is 1. The molecule has 1 N–H and O–H groups in total. The number of allylic oxidation sites excluding steroid dienone is 1. The third kappa shape index (κ3) is 3.93. The first-order valence-corrected chi connectivity index (χ1v) is 9.02. The van der Waals surface area contributed by atoms with Crippen LogP contribution in [0.2, 0.25) is 0 Å². The molecule has 20 heavy (non-hydrogen) atoms. The van der Waals surface area contributed by atoms with Gasteiger partial charge in [0.2, 0.25) is 0 Å². The maximum atomic E-state index is 11.4. The van der Waals surface area contributed by atoms with E-state index in [1.54, 1.807) is 24.3 Å². The van der Waals surface area contributed by atoms with Crippen LogP contribution in [0.1, 0.15) is 37.7 Å². The predicted molar refractivity (Wildman–Crippen MR) is 81.2 cm³/mol. The average molecular weight is 294 g/mol. The molecule has 1 aliphatic carbocycles. The summed E-state index contributed by atoms with van der Waals surface area (Å²) in [6.45, 7) is -0.00524. The summed E-state index contributed by atoms with van der Waals surface area (Å²) in [6, 6.07) is 6.77. The highest BCUT2D eigenvalue weighted by atomic mass is 32.2. The van der Waals surface area contributed by atoms with E-state index in [-0.39, 0.29) is 6.61 Å². The van der Waals surface area contributed by atoms with Crippen LogP contribution in [0.15, 0.2) is 35.2 Å². The van der Waals surface area contributed by atoms with Gasteiger partial charge in [0.1, 0.15) is 0 Å². The van der Waals surface area contributed by atoms with E-state index in [0.717, 1.165) is 11.1 Å². The van der Waals surface area contributed by atoms with Crippen molar-refractivity contribution in [2.45, 2.75) is 37.0 Å². The Labute approximate surface area is 121 Å². The molecule has 0 radical (unpaired) electrons. The molecule has 0 atom stereocenters. The van der Waals surface area contributed by atoms with Gasteiger partial charge in [-0.2, -0.15) is 0 Å². The monoisotopic (exact) mass is 294 g/mol. The highest BCUT2D eigenvalue weighted by Gasteiger charge is 2.13. The molecular weight excluding hydrogens is 272 g/mol. The molecule has 2 rings (SSSR count). The van der Waals surface area contributed by atoms with Gasteiger partial charge < -0.3 is 5.11 Å². The second-order valence-corrected chi connectivity index (χ2v) is 7.56. The molecule has 4 heteroatoms. The standard InChI is InChI=1S/C16H22O3S/c1-20(18,19)16-9-7-14(8-10-16)15(12-17)11-13-5-3-2-4-6-13/h7-11,13,17H,2-6,12H2,1H3/b15-11-. The molecule has 1 aliphatic rings. The van der Waals surface area contributed by atoms with E-state index in [0.29, 0.717) is 10.8 Å². The smallest absolute Gasteiger partial charge is 0.175 e. The third-order valence-electron chi connectivity index (χ3n) is 3.91. The van der Waals surface area contributed by atoms with Gasteiger partial charge in [0.15, 0.2) is 9.84 Å². The molecule has 0 aliphatic heterocycles. The molecule has 110 valence electrons. The Morgan fingerprint density at radius 2 is 1.80 bits per heavy atom. The zero-order chi connectivity index (χ0) is 14.6. The first kappa shape index (κ1) is 15.3. The molecule has 1 aromatic rings. The highest BCUT2D eigenvalue weighted by molar-refractivity contribution is 7.90. The molecule has 0 saturated heterocycles. The van der Waals surface area contributed by atoms with Crippen LogP contribution in [0, 0.1) is 5.92 Å². The van der Waals surface area contributed by atoms with Gasteiger partial charge in [-0.25, -0.2) is 8.42 Å². The number of hydrogen-bond acceptors (Lipinski definition) is 3. The number of sulfone groups is 1. The average Bonchev–Trinajstić information content (AvgIpc) is 2.45. The van der Waals surface area contributed by atoms with Gasteiger partial charge in [0.25, 0.3) is 0 Å². The lowest BCUT2D eigenvalue weighted by Crippen LogP contribution is -2.05. The van der Waals surface area contributed by atoms with Crippen molar-refractivity contribution in [2.75, 3.05) is 12.9 Å². The largest absolute Gasteiger partial charge is 0.392 e. The van der Waals surface area contributed by atoms with E-state index in [1.807, 2.05) is 0 Å². The van der Waals surface area contributed by atoms with Crippen LogP contribution < -0.4 is 0 Å². The van der Waals surface area contributed by atoms with E-state index in [9.17, 15) is 13.5 Å². The summed E-state index contributed by atoms with van der Waals surface area (Å²) in [5.74, 6) is 0.542. The molecule has 1 aromatic carbocycles. The van der Waals surface area contributed by atoms with Crippen LogP contribution in [-0.2, 0) is 9.84 Å². The maximum absolute atomic E-state index is 11.4. The summed E-state index contributed by atoms with van der Waals surface area (Å²) in [5.41, 5.74) is 1.81. The van der Waals surface area contributed by atoms with Crippen molar-refractivity contribution in [1.82, 2.24) is 0 Å². The Balaban J connectivity index is 2.21. The first-order valence-electron chi connectivity index (χ1n) is 7.13. The van der Waals surface area contributed by atoms with Crippen molar-refractivity contribution in [3.05, 3.63) is 35.9 Å². The molecule has 0 unspecified atom stereocenters. The number of aliphatic hydroxyl groups is 1. The van der Waals surface area contributed by atoms with Crippen molar-refractivity contribution in [1.29, 1.82) is 0 Å². The van der Waals surface area contributed by atoms with E-state index in [2.05, 4.69) is 6.08 Å². The Morgan fingerprint density at radius 1 is 1.20 bits per heavy atom. The minimum absolute atomic E-state index is 0.00524. The van der Waals surface area contributed by atoms with E-state index in [4.69, 9.17) is 0 Å². The number of hydrogen-bond donors (Lipinski definition) is 1. The fraction of sp³-hybridized carbons (Fsp3) is 0.500. The minimum Gasteiger partial charge on any atom is -0.392 e. The van der Waals surface area contributed by atoms with Crippen LogP contribution in [0.5, 0.6) is 0 Å². The topological polar surface area (TPSA) is 54.4 Å². The van der Waals surface area contributed by atoms with Gasteiger partial charge in [0.05, 0.1) is 11.5 Å². The van der Waals surface area contributed by atoms with Crippen molar-refractivity contribution in [2.24, 2.45) is 5.92 Å². The molecule has 1 fully saturated rings. The fourth-order valence-electron chi connectivity index (χ4n) is 2.74. The van der Waals surface area contributed by atoms with Gasteiger partial charge in [-0.15, -0.1) is 0 Å². The summed E-state index contributed by atoms with van der Waals surface area (Å²) < 4.78 is 22.9. The predicted octanol–water partition coefficient (Wildman–Crippen LogP) is 3.05. The van der Waals surface area contributed by atoms with Crippen LogP contribution in [0.3, 0.4) is 0 Å². The Morgan fingerprint density at radius 3 is 2.30 bits per heavy atom. The molecule has 0 heterocycles. The SMILES string of the molecule is CS(=O)(=O)c1ccc(/C(=C\C2CCCCC2)CO)cc1. The Hall–Kier alpha value is -1.13. The molecular formula is C16H22O3S. The van der Waals surface area contributed by atoms with Crippen molar-refractivity contribution in [3.8, 4) is 0 Å². The van der Waals surface area contributed by atoms with E-state index >= 15 is 0 Å². The molecule has 0 bridgehead atoms. The molecule has 1 saturated carbocycles. The number of benzene rings is 1. The first-order chi connectivity index (χ1) is 9.50. The summed E-state index contributed by atoms with van der Waals surface area (Å²) in [6.07, 6.45) is 9.55. The molecule has 0 amide bonds. The lowest BCUT2D eigenvalue weighted by molar-refractivity contribution is 0.347. The second kappa shape index (κ2) is 6.55. The summed E-state index contributed by atoms with van der Waals surface area (Å²) in [4.78, 5) is 0.316. The van der Waals surface area contributed by atoms with Gasteiger partial charge in [-0.3, -0.25) is 0 Å². The van der Waals surface area contributed by atoms with E-state index < -0.39 is 9.84 Å². The molecule has 0 spiro atoms. The number of rotatable bonds is 4. The Bertz CT molecular complexity index is 564. The zero-order valence-corrected chi connectivity index (χ0v) is 12.7. The fourth-order valence-corrected chi connectivity index (χ4v) is 3.37. The molecule has 3 nitrogen and oxygen atoms in total. The van der Waals surface area contributed by atoms with Crippen LogP contribution in [-0.4, -0.2) is 26.4 Å². The van der Waals surface area contributed by atoms with Gasteiger partial charge in [-0.1, -0.05) is 37.5 Å². The van der Waals surface area contributed by atoms with Gasteiger partial charge in [-0.05, 0) is 42.0 Å². The highest BCUT2D eigenvalue weighted by Crippen LogP contribution is 2.28. The second-order valence-electron chi connectivity index (χ2n) is 5.54. The molecule has 0 aromatic heterocycles. The van der Waals surface area contributed by atoms with Crippen molar-refractivity contribution in [3.63, 3.8) is 0 Å². The van der Waals surface area contributed by atoms with Crippen molar-refractivity contribution < 1.29 is 13.5 Å². The van der Waals surface area contributed by atoms with Gasteiger partial charge in [0, 0.05) is 6.26 Å². The third-order valence-corrected chi connectivity index (χ3v) is 5.04. The normalized spacial score (nSPS) is 18.2. The van der Waals surface area contributed by atoms with Crippen LogP contribution in [0.4, 0.5) is 0 Å². The minimum atomic E-state index is -3.16. The van der Waals surface area contributed by atoms with E-state index in [1.165, 1.54) is 38.4 Å². The quantitative estimate of drug-likeness (QED) is 0.928. The summed E-state index contributed by atoms with van der Waals surface area (Å²) in [5, 5.41) is 9.55. The summed E-state index contributed by atoms with van der Waals surface area (Å²) >= 11 is 0.